The summed E-state index contributed by atoms with van der Waals surface area (Å²) in [7, 11) is 1.54. The summed E-state index contributed by atoms with van der Waals surface area (Å²) in [5.41, 5.74) is 1.61. The lowest BCUT2D eigenvalue weighted by Gasteiger charge is -2.09. The molecule has 0 spiro atoms. The van der Waals surface area contributed by atoms with Gasteiger partial charge in [-0.2, -0.15) is 5.26 Å². The number of aromatic nitrogens is 1. The molecule has 0 atom stereocenters. The largest absolute Gasteiger partial charge is 0.497 e. The highest BCUT2D eigenvalue weighted by molar-refractivity contribution is 6.08. The Hall–Kier alpha value is -4.18. The van der Waals surface area contributed by atoms with Gasteiger partial charge in [0.25, 0.3) is 11.8 Å². The van der Waals surface area contributed by atoms with Gasteiger partial charge < -0.3 is 15.4 Å². The van der Waals surface area contributed by atoms with Crippen molar-refractivity contribution in [1.29, 1.82) is 5.26 Å². The van der Waals surface area contributed by atoms with E-state index in [2.05, 4.69) is 15.6 Å². The maximum atomic E-state index is 12.5. The van der Waals surface area contributed by atoms with Crippen LogP contribution in [0.3, 0.4) is 0 Å². The first-order valence-corrected chi connectivity index (χ1v) is 8.32. The van der Waals surface area contributed by atoms with Crippen LogP contribution in [0, 0.1) is 11.3 Å². The second kappa shape index (κ2) is 8.47. The summed E-state index contributed by atoms with van der Waals surface area (Å²) in [5.74, 6) is -0.287. The van der Waals surface area contributed by atoms with Gasteiger partial charge >= 0.3 is 0 Å². The molecular weight excluding hydrogens is 356 g/mol. The SMILES string of the molecule is COc1cccc(NC(=O)c2ccnc(C(=O)Nc3ccccc3C#N)c2)c1. The lowest BCUT2D eigenvalue weighted by molar-refractivity contribution is 0.102. The van der Waals surface area contributed by atoms with E-state index in [0.29, 0.717) is 22.7 Å². The maximum Gasteiger partial charge on any atom is 0.274 e. The Morgan fingerprint density at radius 1 is 1.00 bits per heavy atom. The van der Waals surface area contributed by atoms with E-state index in [9.17, 15) is 9.59 Å². The Morgan fingerprint density at radius 3 is 2.61 bits per heavy atom. The van der Waals surface area contributed by atoms with Gasteiger partial charge in [0.05, 0.1) is 18.4 Å². The van der Waals surface area contributed by atoms with E-state index in [-0.39, 0.29) is 17.2 Å². The molecule has 0 fully saturated rings. The fourth-order valence-corrected chi connectivity index (χ4v) is 2.48. The zero-order chi connectivity index (χ0) is 19.9. The minimum atomic E-state index is -0.515. The van der Waals surface area contributed by atoms with E-state index in [1.807, 2.05) is 6.07 Å². The molecule has 1 heterocycles. The van der Waals surface area contributed by atoms with E-state index in [1.54, 1.807) is 55.6 Å². The van der Waals surface area contributed by atoms with Gasteiger partial charge in [-0.15, -0.1) is 0 Å². The van der Waals surface area contributed by atoms with Crippen molar-refractivity contribution in [2.24, 2.45) is 0 Å². The molecule has 28 heavy (non-hydrogen) atoms. The molecule has 7 nitrogen and oxygen atoms in total. The fraction of sp³-hybridized carbons (Fsp3) is 0.0476. The number of para-hydroxylation sites is 1. The van der Waals surface area contributed by atoms with E-state index < -0.39 is 5.91 Å². The van der Waals surface area contributed by atoms with Crippen molar-refractivity contribution in [3.63, 3.8) is 0 Å². The molecule has 2 amide bonds. The highest BCUT2D eigenvalue weighted by atomic mass is 16.5. The van der Waals surface area contributed by atoms with Gasteiger partial charge in [-0.1, -0.05) is 18.2 Å². The highest BCUT2D eigenvalue weighted by Crippen LogP contribution is 2.18. The number of nitriles is 1. The first-order valence-electron chi connectivity index (χ1n) is 8.32. The Labute approximate surface area is 161 Å². The number of amides is 2. The predicted octanol–water partition coefficient (Wildman–Crippen LogP) is 3.47. The smallest absolute Gasteiger partial charge is 0.274 e. The Balaban J connectivity index is 1.76. The van der Waals surface area contributed by atoms with Crippen molar-refractivity contribution in [1.82, 2.24) is 4.98 Å². The van der Waals surface area contributed by atoms with Crippen LogP contribution in [-0.2, 0) is 0 Å². The van der Waals surface area contributed by atoms with Crippen LogP contribution in [0.5, 0.6) is 5.75 Å². The third-order valence-electron chi connectivity index (χ3n) is 3.88. The third kappa shape index (κ3) is 4.31. The number of carbonyl (C=O) groups excluding carboxylic acids is 2. The van der Waals surface area contributed by atoms with Crippen LogP contribution in [-0.4, -0.2) is 23.9 Å². The number of hydrogen-bond donors (Lipinski definition) is 2. The highest BCUT2D eigenvalue weighted by Gasteiger charge is 2.14. The monoisotopic (exact) mass is 372 g/mol. The van der Waals surface area contributed by atoms with Gasteiger partial charge in [0.1, 0.15) is 17.5 Å². The number of benzene rings is 2. The van der Waals surface area contributed by atoms with Crippen molar-refractivity contribution in [2.75, 3.05) is 17.7 Å². The predicted molar refractivity (Wildman–Crippen MR) is 104 cm³/mol. The summed E-state index contributed by atoms with van der Waals surface area (Å²) in [6.45, 7) is 0. The Bertz CT molecular complexity index is 1070. The molecule has 0 aliphatic carbocycles. The van der Waals surface area contributed by atoms with Crippen molar-refractivity contribution in [3.05, 3.63) is 83.7 Å². The normalized spacial score (nSPS) is 9.86. The molecule has 0 saturated heterocycles. The standard InChI is InChI=1S/C21H16N4O3/c1-28-17-7-4-6-16(12-17)24-20(26)14-9-10-23-19(11-14)21(27)25-18-8-3-2-5-15(18)13-22/h2-12H,1H3,(H,24,26)(H,25,27). The van der Waals surface area contributed by atoms with Gasteiger partial charge in [-0.05, 0) is 36.4 Å². The van der Waals surface area contributed by atoms with Crippen LogP contribution in [0.1, 0.15) is 26.4 Å². The van der Waals surface area contributed by atoms with E-state index in [1.165, 1.54) is 18.3 Å². The van der Waals surface area contributed by atoms with Crippen LogP contribution in [0.15, 0.2) is 66.9 Å². The fourth-order valence-electron chi connectivity index (χ4n) is 2.48. The summed E-state index contributed by atoms with van der Waals surface area (Å²) in [5, 5.41) is 14.5. The van der Waals surface area contributed by atoms with Crippen LogP contribution in [0.2, 0.25) is 0 Å². The molecule has 3 rings (SSSR count). The molecule has 7 heteroatoms. The summed E-state index contributed by atoms with van der Waals surface area (Å²) >= 11 is 0. The number of nitrogens with zero attached hydrogens (tertiary/aromatic N) is 2. The van der Waals surface area contributed by atoms with Crippen molar-refractivity contribution in [2.45, 2.75) is 0 Å². The number of ether oxygens (including phenoxy) is 1. The van der Waals surface area contributed by atoms with Crippen molar-refractivity contribution in [3.8, 4) is 11.8 Å². The Morgan fingerprint density at radius 2 is 1.82 bits per heavy atom. The molecule has 3 aromatic rings. The summed E-state index contributed by atoms with van der Waals surface area (Å²) in [6, 6.07) is 18.5. The molecule has 138 valence electrons. The molecule has 0 bridgehead atoms. The summed E-state index contributed by atoms with van der Waals surface area (Å²) in [6.07, 6.45) is 1.38. The average Bonchev–Trinajstić information content (AvgIpc) is 2.74. The molecule has 1 aromatic heterocycles. The number of rotatable bonds is 5. The molecule has 0 aliphatic heterocycles. The van der Waals surface area contributed by atoms with E-state index in [4.69, 9.17) is 10.00 Å². The summed E-state index contributed by atoms with van der Waals surface area (Å²) < 4.78 is 5.13. The van der Waals surface area contributed by atoms with Crippen LogP contribution in [0.4, 0.5) is 11.4 Å². The van der Waals surface area contributed by atoms with Gasteiger partial charge in [0.15, 0.2) is 0 Å². The third-order valence-corrected chi connectivity index (χ3v) is 3.88. The topological polar surface area (TPSA) is 104 Å². The molecule has 0 saturated carbocycles. The number of methoxy groups -OCH3 is 1. The van der Waals surface area contributed by atoms with E-state index in [0.717, 1.165) is 0 Å². The van der Waals surface area contributed by atoms with Crippen LogP contribution < -0.4 is 15.4 Å². The number of hydrogen-bond acceptors (Lipinski definition) is 5. The van der Waals surface area contributed by atoms with Crippen molar-refractivity contribution >= 4 is 23.2 Å². The Kier molecular flexibility index (Phi) is 5.63. The second-order valence-electron chi connectivity index (χ2n) is 5.73. The maximum absolute atomic E-state index is 12.5. The van der Waals surface area contributed by atoms with Gasteiger partial charge in [-0.25, -0.2) is 0 Å². The minimum absolute atomic E-state index is 0.0611. The lowest BCUT2D eigenvalue weighted by atomic mass is 10.1. The molecule has 2 aromatic carbocycles. The van der Waals surface area contributed by atoms with Crippen LogP contribution in [0.25, 0.3) is 0 Å². The molecular formula is C21H16N4O3. The molecule has 0 radical (unpaired) electrons. The number of carbonyl (C=O) groups is 2. The number of anilines is 2. The zero-order valence-electron chi connectivity index (χ0n) is 15.0. The first kappa shape index (κ1) is 18.6. The second-order valence-corrected chi connectivity index (χ2v) is 5.73. The van der Waals surface area contributed by atoms with Crippen LogP contribution >= 0.6 is 0 Å². The summed E-state index contributed by atoms with van der Waals surface area (Å²) in [4.78, 5) is 29.0. The molecule has 0 aliphatic rings. The lowest BCUT2D eigenvalue weighted by Crippen LogP contribution is -2.17. The molecule has 0 unspecified atom stereocenters. The van der Waals surface area contributed by atoms with E-state index >= 15 is 0 Å². The quantitative estimate of drug-likeness (QED) is 0.714. The average molecular weight is 372 g/mol. The molecule has 2 N–H and O–H groups in total. The van der Waals surface area contributed by atoms with Gasteiger partial charge in [0.2, 0.25) is 0 Å². The number of nitrogens with one attached hydrogen (secondary N) is 2. The number of pyridine rings is 1. The van der Waals surface area contributed by atoms with Gasteiger partial charge in [-0.3, -0.25) is 14.6 Å². The van der Waals surface area contributed by atoms with Crippen molar-refractivity contribution < 1.29 is 14.3 Å². The van der Waals surface area contributed by atoms with Gasteiger partial charge in [0, 0.05) is 23.5 Å². The zero-order valence-corrected chi connectivity index (χ0v) is 15.0. The first-order chi connectivity index (χ1) is 13.6. The minimum Gasteiger partial charge on any atom is -0.497 e.